The van der Waals surface area contributed by atoms with Gasteiger partial charge in [0.1, 0.15) is 6.61 Å². The second kappa shape index (κ2) is 14.9. The second-order valence-electron chi connectivity index (χ2n) is 8.59. The molecule has 0 aliphatic rings. The van der Waals surface area contributed by atoms with Crippen molar-refractivity contribution in [3.63, 3.8) is 0 Å². The van der Waals surface area contributed by atoms with Crippen molar-refractivity contribution >= 4 is 28.1 Å². The van der Waals surface area contributed by atoms with Gasteiger partial charge in [-0.05, 0) is 60.6 Å². The first-order valence-corrected chi connectivity index (χ1v) is 13.3. The number of nitrogens with one attached hydrogen (secondary N) is 2. The molecule has 10 nitrogen and oxygen atoms in total. The number of carbonyl (C=O) groups is 2. The highest BCUT2D eigenvalue weighted by Crippen LogP contribution is 2.28. The first-order chi connectivity index (χ1) is 17.6. The van der Waals surface area contributed by atoms with Crippen LogP contribution in [0.4, 0.5) is 10.5 Å². The summed E-state index contributed by atoms with van der Waals surface area (Å²) < 4.78 is 48.0. The smallest absolute Gasteiger partial charge is 0.493 e. The molecule has 0 aliphatic heterocycles. The Balaban J connectivity index is 1.79. The first kappa shape index (κ1) is 29.7. The number of rotatable bonds is 14. The number of amides is 1. The zero-order chi connectivity index (χ0) is 27.3. The molecule has 0 saturated carbocycles. The Morgan fingerprint density at radius 3 is 2.38 bits per heavy atom. The molecule has 0 aliphatic carbocycles. The molecule has 0 atom stereocenters. The van der Waals surface area contributed by atoms with Crippen molar-refractivity contribution in [2.24, 2.45) is 5.92 Å². The molecule has 0 heterocycles. The fourth-order valence-corrected chi connectivity index (χ4v) is 3.62. The summed E-state index contributed by atoms with van der Waals surface area (Å²) in [6, 6.07) is 10.8. The van der Waals surface area contributed by atoms with Gasteiger partial charge < -0.3 is 19.5 Å². The summed E-state index contributed by atoms with van der Waals surface area (Å²) in [7, 11) is -2.93. The maximum Gasteiger partial charge on any atom is 0.514 e. The van der Waals surface area contributed by atoms with Crippen LogP contribution in [0.1, 0.15) is 50.7 Å². The molecule has 0 radical (unpaired) electrons. The van der Waals surface area contributed by atoms with Crippen LogP contribution >= 0.6 is 0 Å². The van der Waals surface area contributed by atoms with Crippen molar-refractivity contribution in [3.05, 3.63) is 65.7 Å². The van der Waals surface area contributed by atoms with E-state index in [2.05, 4.69) is 31.3 Å². The molecular weight excluding hydrogens is 500 g/mol. The number of anilines is 1. The summed E-state index contributed by atoms with van der Waals surface area (Å²) >= 11 is 0. The molecule has 0 unspecified atom stereocenters. The lowest BCUT2D eigenvalue weighted by molar-refractivity contribution is -0.121. The Morgan fingerprint density at radius 1 is 1.03 bits per heavy atom. The van der Waals surface area contributed by atoms with Gasteiger partial charge in [0.15, 0.2) is 11.5 Å². The first-order valence-electron chi connectivity index (χ1n) is 11.8. The van der Waals surface area contributed by atoms with E-state index in [0.29, 0.717) is 30.2 Å². The molecule has 1 amide bonds. The van der Waals surface area contributed by atoms with Crippen LogP contribution in [-0.2, 0) is 33.0 Å². The van der Waals surface area contributed by atoms with Gasteiger partial charge in [-0.15, -0.1) is 0 Å². The van der Waals surface area contributed by atoms with Gasteiger partial charge in [-0.3, -0.25) is 14.1 Å². The highest BCUT2D eigenvalue weighted by molar-refractivity contribution is 7.87. The number of hydrogen-bond donors (Lipinski definition) is 3. The van der Waals surface area contributed by atoms with Crippen molar-refractivity contribution in [3.8, 4) is 11.5 Å². The number of hydrogen-bond acceptors (Lipinski definition) is 7. The number of allylic oxidation sites excluding steroid dienone is 2. The third-order valence-corrected chi connectivity index (χ3v) is 5.51. The summed E-state index contributed by atoms with van der Waals surface area (Å²) in [5.41, 5.74) is 1.51. The minimum Gasteiger partial charge on any atom is -0.493 e. The molecular formula is C26H34N2O8S. The molecule has 37 heavy (non-hydrogen) atoms. The minimum atomic E-state index is -4.37. The van der Waals surface area contributed by atoms with Crippen molar-refractivity contribution in [1.82, 2.24) is 5.32 Å². The molecule has 0 bridgehead atoms. The predicted molar refractivity (Wildman–Crippen MR) is 140 cm³/mol. The van der Waals surface area contributed by atoms with Crippen LogP contribution in [0.2, 0.25) is 0 Å². The van der Waals surface area contributed by atoms with Crippen LogP contribution in [-0.4, -0.2) is 32.1 Å². The Morgan fingerprint density at radius 2 is 1.73 bits per heavy atom. The zero-order valence-electron chi connectivity index (χ0n) is 21.2. The van der Waals surface area contributed by atoms with Crippen LogP contribution in [0.5, 0.6) is 11.5 Å². The standard InChI is InChI=1S/C26H34N2O8S/c1-19(2)8-6-4-5-7-9-25(29)27-17-21-12-15-23(24(16-21)34-3)36-26(30)35-18-20-10-13-22(14-11-20)28-37(31,32)33/h6,8,10-16,19,28H,4-5,7,9,17-18H2,1-3H3,(H,27,29)(H,31,32,33)/b8-6+. The summed E-state index contributed by atoms with van der Waals surface area (Å²) in [6.07, 6.45) is 6.56. The van der Waals surface area contributed by atoms with E-state index in [0.717, 1.165) is 24.8 Å². The third-order valence-electron chi connectivity index (χ3n) is 5.01. The Kier molecular flexibility index (Phi) is 11.9. The summed E-state index contributed by atoms with van der Waals surface area (Å²) in [5.74, 6) is 0.969. The largest absolute Gasteiger partial charge is 0.514 e. The summed E-state index contributed by atoms with van der Waals surface area (Å²) in [6.45, 7) is 4.45. The SMILES string of the molecule is COc1cc(CNC(=O)CCCC/C=C/C(C)C)ccc1OC(=O)OCc1ccc(NS(=O)(=O)O)cc1. The Hall–Kier alpha value is -3.57. The van der Waals surface area contributed by atoms with Crippen LogP contribution in [0.15, 0.2) is 54.6 Å². The van der Waals surface area contributed by atoms with Crippen molar-refractivity contribution in [1.29, 1.82) is 0 Å². The van der Waals surface area contributed by atoms with Crippen LogP contribution < -0.4 is 19.5 Å². The van der Waals surface area contributed by atoms with Gasteiger partial charge in [-0.2, -0.15) is 8.42 Å². The fourth-order valence-electron chi connectivity index (χ4n) is 3.19. The van der Waals surface area contributed by atoms with Crippen molar-refractivity contribution in [2.75, 3.05) is 11.8 Å². The minimum absolute atomic E-state index is 0.0301. The topological polar surface area (TPSA) is 140 Å². The lowest BCUT2D eigenvalue weighted by Crippen LogP contribution is -2.22. The number of benzene rings is 2. The maximum absolute atomic E-state index is 12.1. The summed E-state index contributed by atoms with van der Waals surface area (Å²) in [4.78, 5) is 24.2. The van der Waals surface area contributed by atoms with Gasteiger partial charge in [-0.25, -0.2) is 4.79 Å². The highest BCUT2D eigenvalue weighted by atomic mass is 32.2. The van der Waals surface area contributed by atoms with Gasteiger partial charge in [0.2, 0.25) is 5.91 Å². The molecule has 2 aromatic carbocycles. The predicted octanol–water partition coefficient (Wildman–Crippen LogP) is 5.01. The lowest BCUT2D eigenvalue weighted by Gasteiger charge is -2.12. The normalized spacial score (nSPS) is 11.4. The number of unbranched alkanes of at least 4 members (excludes halogenated alkanes) is 2. The molecule has 202 valence electrons. The van der Waals surface area contributed by atoms with Gasteiger partial charge in [0.05, 0.1) is 12.8 Å². The van der Waals surface area contributed by atoms with E-state index in [-0.39, 0.29) is 24.0 Å². The highest BCUT2D eigenvalue weighted by Gasteiger charge is 2.13. The lowest BCUT2D eigenvalue weighted by atomic mass is 10.1. The average Bonchev–Trinajstić information content (AvgIpc) is 2.84. The summed E-state index contributed by atoms with van der Waals surface area (Å²) in [5, 5.41) is 2.88. The van der Waals surface area contributed by atoms with E-state index in [1.54, 1.807) is 18.2 Å². The quantitative estimate of drug-likeness (QED) is 0.101. The Labute approximate surface area is 217 Å². The number of methoxy groups -OCH3 is 1. The molecule has 0 fully saturated rings. The zero-order valence-corrected chi connectivity index (χ0v) is 22.0. The third kappa shape index (κ3) is 12.3. The number of ether oxygens (including phenoxy) is 3. The molecule has 3 N–H and O–H groups in total. The molecule has 0 aromatic heterocycles. The molecule has 2 rings (SSSR count). The second-order valence-corrected chi connectivity index (χ2v) is 9.75. The van der Waals surface area contributed by atoms with Gasteiger partial charge >= 0.3 is 16.5 Å². The fraction of sp³-hybridized carbons (Fsp3) is 0.385. The Bertz CT molecular complexity index is 1160. The van der Waals surface area contributed by atoms with E-state index in [9.17, 15) is 18.0 Å². The van der Waals surface area contributed by atoms with Crippen LogP contribution in [0, 0.1) is 5.92 Å². The molecule has 0 spiro atoms. The van der Waals surface area contributed by atoms with E-state index in [1.807, 2.05) is 4.72 Å². The van der Waals surface area contributed by atoms with E-state index in [1.165, 1.54) is 31.4 Å². The molecule has 11 heteroatoms. The van der Waals surface area contributed by atoms with E-state index in [4.69, 9.17) is 18.8 Å². The molecule has 2 aromatic rings. The average molecular weight is 535 g/mol. The molecule has 0 saturated heterocycles. The van der Waals surface area contributed by atoms with Crippen molar-refractivity contribution in [2.45, 2.75) is 52.7 Å². The monoisotopic (exact) mass is 534 g/mol. The van der Waals surface area contributed by atoms with E-state index >= 15 is 0 Å². The van der Waals surface area contributed by atoms with Crippen molar-refractivity contribution < 1.29 is 36.8 Å². The number of carbonyl (C=O) groups excluding carboxylic acids is 2. The van der Waals surface area contributed by atoms with E-state index < -0.39 is 16.5 Å². The maximum atomic E-state index is 12.1. The van der Waals surface area contributed by atoms with Gasteiger partial charge in [0, 0.05) is 13.0 Å². The van der Waals surface area contributed by atoms with Crippen LogP contribution in [0.3, 0.4) is 0 Å². The van der Waals surface area contributed by atoms with Crippen LogP contribution in [0.25, 0.3) is 0 Å². The van der Waals surface area contributed by atoms with Gasteiger partial charge in [0.25, 0.3) is 0 Å². The van der Waals surface area contributed by atoms with Gasteiger partial charge in [-0.1, -0.05) is 44.2 Å².